The Morgan fingerprint density at radius 2 is 1.12 bits per heavy atom. The average molecular weight is 1480 g/mol. The second-order valence-corrected chi connectivity index (χ2v) is 16.7. The number of hydrogen-bond donors (Lipinski definition) is 7. The molecular formula is C62H73ClN6O11W2. The molecular weight excluding hydrogens is 1410 g/mol. The largest absolute Gasteiger partial charge is 2.00 e. The van der Waals surface area contributed by atoms with Crippen molar-refractivity contribution in [1.29, 1.82) is 0 Å². The van der Waals surface area contributed by atoms with Crippen LogP contribution in [0.15, 0.2) is 206 Å². The minimum absolute atomic E-state index is 0. The number of rotatable bonds is 8. The Labute approximate surface area is 516 Å². The molecule has 0 radical (unpaired) electrons. The number of carbonyl (C=O) groups excluding carboxylic acids is 6. The number of Topliss-reactive ketones (excluding diaryl/α,β-unsaturated/α-hetero) is 1. The minimum Gasteiger partial charge on any atom is -0.505 e. The first-order valence-corrected chi connectivity index (χ1v) is 23.6. The topological polar surface area (TPSA) is 295 Å². The number of amides is 3. The van der Waals surface area contributed by atoms with Gasteiger partial charge in [0.2, 0.25) is 5.91 Å². The van der Waals surface area contributed by atoms with Crippen LogP contribution < -0.4 is 27.3 Å². The maximum absolute atomic E-state index is 12.9. The van der Waals surface area contributed by atoms with Gasteiger partial charge >= 0.3 is 42.1 Å². The third-order valence-corrected chi connectivity index (χ3v) is 11.6. The second-order valence-electron chi connectivity index (χ2n) is 16.4. The van der Waals surface area contributed by atoms with Crippen LogP contribution in [0.25, 0.3) is 0 Å². The molecule has 20 heteroatoms. The molecule has 4 heterocycles. The predicted molar refractivity (Wildman–Crippen MR) is 319 cm³/mol. The zero-order chi connectivity index (χ0) is 53.4. The van der Waals surface area contributed by atoms with Crippen LogP contribution in [0.2, 0.25) is 0 Å². The first-order valence-electron chi connectivity index (χ1n) is 23.1. The molecule has 4 aliphatic heterocycles. The van der Waals surface area contributed by atoms with Crippen molar-refractivity contribution >= 4 is 59.2 Å². The number of ketones is 1. The normalized spacial score (nSPS) is 15.6. The van der Waals surface area contributed by atoms with E-state index in [1.54, 1.807) is 30.3 Å². The summed E-state index contributed by atoms with van der Waals surface area (Å²) in [7, 11) is 0. The Morgan fingerprint density at radius 3 is 1.57 bits per heavy atom. The van der Waals surface area contributed by atoms with Gasteiger partial charge in [-0.25, -0.2) is 4.79 Å². The van der Waals surface area contributed by atoms with Crippen molar-refractivity contribution < 1.29 is 96.4 Å². The van der Waals surface area contributed by atoms with Gasteiger partial charge < -0.3 is 92.4 Å². The molecule has 2 unspecified atom stereocenters. The first kappa shape index (κ1) is 80.9. The van der Waals surface area contributed by atoms with Crippen molar-refractivity contribution in [3.8, 4) is 11.5 Å². The fraction of sp³-hybridized carbons (Fsp3) is 0.145. The Morgan fingerprint density at radius 1 is 0.695 bits per heavy atom. The number of aliphatic hydroxyl groups excluding tert-OH is 2. The standard InChI is InChI=1S/C21H18N2O4.C17H17N3O5.C7H7Cl.2C6H6.CH2O.4CH3.H3N.H2O.2W/c24-9-8-15-10-19-20(25)22-18-11-16(27-13-14-4-2-1-3-5-14)6-7-17(18)21(26)23(19)12-15;1-8(21)10-3-4-11-14(15(10)23)19-16(24)12-6-9(2-5-13(18)22)7-20(12)17(11)25;8-6-7-4-2-1-3-5-7;2*1-2-4-6-5-3-1;1-2;;;;;;;;/h1-8,11-12,19-20,22,25H,10,13H2;2-5,7,12,16,19,23-24H,6H2,1H3,(H2,18,22);1-5H,6H2;2*1-6H;1H2;5*1H3;1H2;;/q;;;;;;4*-1;;;2*+2/b;5-2+;;;;;;;;;;;;/t19?,20-;12?,16-;;;;;;;;;;;;/m00............/s1. The predicted octanol–water partition coefficient (Wildman–Crippen LogP) is 9.72. The van der Waals surface area contributed by atoms with Gasteiger partial charge in [0.15, 0.2) is 5.78 Å². The summed E-state index contributed by atoms with van der Waals surface area (Å²) in [5.41, 5.74) is 9.80. The molecule has 0 fully saturated rings. The van der Waals surface area contributed by atoms with E-state index in [-0.39, 0.29) is 118 Å². The van der Waals surface area contributed by atoms with Crippen LogP contribution in [0.3, 0.4) is 0 Å². The van der Waals surface area contributed by atoms with Crippen LogP contribution in [0, 0.1) is 29.7 Å². The van der Waals surface area contributed by atoms with Crippen LogP contribution in [-0.4, -0.2) is 91.4 Å². The summed E-state index contributed by atoms with van der Waals surface area (Å²) >= 11 is 5.53. The summed E-state index contributed by atoms with van der Waals surface area (Å²) in [5, 5.41) is 36.9. The molecule has 3 amide bonds. The quantitative estimate of drug-likeness (QED) is 0.0187. The summed E-state index contributed by atoms with van der Waals surface area (Å²) in [6.45, 7) is 3.71. The molecule has 0 aromatic heterocycles. The SMILES string of the molecule is C=O.CC(=O)c1ccc2c(c1O)N[C@@H](O)C1CC(/C=C/C(N)=O)=CN1C2=O.ClCc1ccccc1.N.O.O=C=CC1=CN2C(=O)c3ccc(OCc4ccccc4)cc3N[C@@H](O)C2C1.[CH3-].[CH3-].[CH3-].[CH3-].[W+2].[W+2].c1ccccc1.c1ccccc1. The van der Waals surface area contributed by atoms with Gasteiger partial charge in [-0.1, -0.05) is 140 Å². The average Bonchev–Trinajstić information content (AvgIpc) is 4.04. The third kappa shape index (κ3) is 23.5. The van der Waals surface area contributed by atoms with E-state index in [4.69, 9.17) is 26.9 Å². The van der Waals surface area contributed by atoms with Gasteiger partial charge in [0.05, 0.1) is 40.1 Å². The molecule has 0 saturated heterocycles. The van der Waals surface area contributed by atoms with E-state index in [1.165, 1.54) is 58.8 Å². The van der Waals surface area contributed by atoms with E-state index >= 15 is 0 Å². The number of nitrogens with zero attached hydrogens (tertiary/aromatic N) is 2. The van der Waals surface area contributed by atoms with Crippen LogP contribution in [0.4, 0.5) is 11.4 Å². The van der Waals surface area contributed by atoms with Crippen molar-refractivity contribution in [3.05, 3.63) is 263 Å². The van der Waals surface area contributed by atoms with Gasteiger partial charge in [0.25, 0.3) is 11.8 Å². The monoisotopic (exact) mass is 1480 g/mol. The van der Waals surface area contributed by atoms with Gasteiger partial charge in [-0.2, -0.15) is 0 Å². The zero-order valence-electron chi connectivity index (χ0n) is 46.4. The number of primary amides is 1. The van der Waals surface area contributed by atoms with Crippen molar-refractivity contribution in [2.45, 2.75) is 56.8 Å². The molecule has 82 heavy (non-hydrogen) atoms. The van der Waals surface area contributed by atoms with E-state index < -0.39 is 36.4 Å². The summed E-state index contributed by atoms with van der Waals surface area (Å²) < 4.78 is 5.81. The Balaban J connectivity index is -0.000000506. The van der Waals surface area contributed by atoms with E-state index in [1.807, 2.05) is 140 Å². The van der Waals surface area contributed by atoms with E-state index in [2.05, 4.69) is 10.6 Å². The van der Waals surface area contributed by atoms with Crippen molar-refractivity contribution in [1.82, 2.24) is 16.0 Å². The number of halogens is 1. The Kier molecular flexibility index (Phi) is 41.8. The molecule has 17 nitrogen and oxygen atoms in total. The zero-order valence-corrected chi connectivity index (χ0v) is 53.0. The molecule has 0 aliphatic carbocycles. The Hall–Kier alpha value is -7.55. The molecule has 10 rings (SSSR count). The first-order chi connectivity index (χ1) is 35.9. The fourth-order valence-electron chi connectivity index (χ4n) is 7.73. The number of alkyl halides is 1. The van der Waals surface area contributed by atoms with Crippen molar-refractivity contribution in [2.24, 2.45) is 5.73 Å². The number of phenols is 1. The van der Waals surface area contributed by atoms with Gasteiger partial charge in [0, 0.05) is 36.5 Å². The van der Waals surface area contributed by atoms with E-state index in [0.29, 0.717) is 53.5 Å². The molecule has 6 aromatic carbocycles. The third-order valence-electron chi connectivity index (χ3n) is 11.3. The molecule has 4 atom stereocenters. The smallest absolute Gasteiger partial charge is 0.505 e. The molecule has 0 saturated carbocycles. The van der Waals surface area contributed by atoms with Gasteiger partial charge in [0.1, 0.15) is 43.3 Å². The van der Waals surface area contributed by atoms with Crippen molar-refractivity contribution in [3.63, 3.8) is 0 Å². The van der Waals surface area contributed by atoms with E-state index in [9.17, 15) is 39.3 Å². The number of allylic oxidation sites excluding steroid dienone is 2. The number of hydrogen-bond acceptors (Lipinski definition) is 13. The number of nitrogens with two attached hydrogens (primary N) is 1. The number of phenolic OH excluding ortho intramolecular Hbond substituents is 1. The summed E-state index contributed by atoms with van der Waals surface area (Å²) in [6.07, 6.45) is 5.65. The molecule has 436 valence electrons. The van der Waals surface area contributed by atoms with Crippen molar-refractivity contribution in [2.75, 3.05) is 10.6 Å². The van der Waals surface area contributed by atoms with Gasteiger partial charge in [-0.15, -0.1) is 11.6 Å². The number of ether oxygens (including phenoxy) is 1. The molecule has 0 bridgehead atoms. The summed E-state index contributed by atoms with van der Waals surface area (Å²) in [6, 6.07) is 50.6. The number of fused-ring (bicyclic) bond motifs is 4. The maximum atomic E-state index is 12.9. The molecule has 6 aromatic rings. The second kappa shape index (κ2) is 42.3. The number of aromatic hydroxyl groups is 1. The van der Waals surface area contributed by atoms with Crippen LogP contribution in [0.1, 0.15) is 62.0 Å². The van der Waals surface area contributed by atoms with Crippen LogP contribution in [0.5, 0.6) is 11.5 Å². The fourth-order valence-corrected chi connectivity index (χ4v) is 7.90. The number of carbonyl (C=O) groups is 5. The molecule has 4 aliphatic rings. The Bertz CT molecular complexity index is 2890. The number of nitrogens with one attached hydrogen (secondary N) is 2. The maximum Gasteiger partial charge on any atom is 2.00 e. The van der Waals surface area contributed by atoms with Crippen LogP contribution in [-0.2, 0) is 69.0 Å². The summed E-state index contributed by atoms with van der Waals surface area (Å²) in [5.74, 6) is 0.938. The van der Waals surface area contributed by atoms with Gasteiger partial charge in [-0.3, -0.25) is 19.2 Å². The number of anilines is 2. The summed E-state index contributed by atoms with van der Waals surface area (Å²) in [4.78, 5) is 69.5. The number of aliphatic hydroxyl groups is 2. The van der Waals surface area contributed by atoms with E-state index in [0.717, 1.165) is 5.56 Å². The molecule has 0 spiro atoms. The number of benzene rings is 6. The van der Waals surface area contributed by atoms with Crippen LogP contribution >= 0.6 is 11.6 Å². The molecule has 12 N–H and O–H groups in total. The minimum atomic E-state index is -1.17. The van der Waals surface area contributed by atoms with Gasteiger partial charge in [-0.05, 0) is 66.3 Å².